The zero-order valence-electron chi connectivity index (χ0n) is 44.8. The third kappa shape index (κ3) is 8.40. The molecule has 0 saturated carbocycles. The van der Waals surface area contributed by atoms with Crippen LogP contribution in [-0.2, 0) is 5.41 Å². The van der Waals surface area contributed by atoms with Gasteiger partial charge >= 0.3 is 0 Å². The zero-order chi connectivity index (χ0) is 52.5. The van der Waals surface area contributed by atoms with Crippen LogP contribution in [0, 0.1) is 0 Å². The van der Waals surface area contributed by atoms with Gasteiger partial charge in [0.25, 0.3) is 0 Å². The van der Waals surface area contributed by atoms with Crippen molar-refractivity contribution in [1.29, 1.82) is 0 Å². The van der Waals surface area contributed by atoms with E-state index in [0.717, 1.165) is 34.1 Å². The van der Waals surface area contributed by atoms with Gasteiger partial charge in [0.2, 0.25) is 0 Å². The molecule has 0 unspecified atom stereocenters. The fourth-order valence-corrected chi connectivity index (χ4v) is 14.6. The summed E-state index contributed by atoms with van der Waals surface area (Å²) < 4.78 is 0. The van der Waals surface area contributed by atoms with Crippen molar-refractivity contribution in [3.8, 4) is 22.3 Å². The summed E-state index contributed by atoms with van der Waals surface area (Å²) in [6.07, 6.45) is 0. The van der Waals surface area contributed by atoms with E-state index in [2.05, 4.69) is 316 Å². The average Bonchev–Trinajstić information content (AvgIpc) is 3.86. The Labute approximate surface area is 456 Å². The largest absolute Gasteiger partial charge is 0.310 e. The predicted molar refractivity (Wildman–Crippen MR) is 337 cm³/mol. The molecular formula is C73H62N2Si2. The Kier molecular flexibility index (Phi) is 11.8. The molecular weight excluding hydrogens is 961 g/mol. The molecule has 0 spiro atoms. The molecule has 0 fully saturated rings. The highest BCUT2D eigenvalue weighted by Crippen LogP contribution is 2.60. The summed E-state index contributed by atoms with van der Waals surface area (Å²) >= 11 is 0. The Hall–Kier alpha value is -8.55. The van der Waals surface area contributed by atoms with Crippen molar-refractivity contribution in [1.82, 2.24) is 0 Å². The number of rotatable bonds is 11. The summed E-state index contributed by atoms with van der Waals surface area (Å²) in [5.74, 6) is 0. The minimum absolute atomic E-state index is 0.659. The number of benzene rings is 12. The summed E-state index contributed by atoms with van der Waals surface area (Å²) in [5.41, 5.74) is 16.1. The van der Waals surface area contributed by atoms with E-state index in [4.69, 9.17) is 0 Å². The van der Waals surface area contributed by atoms with E-state index in [1.54, 1.807) is 0 Å². The Bertz CT molecular complexity index is 4110. The molecule has 13 rings (SSSR count). The molecule has 2 nitrogen and oxygen atoms in total. The maximum atomic E-state index is 2.54. The lowest BCUT2D eigenvalue weighted by Crippen LogP contribution is -2.37. The van der Waals surface area contributed by atoms with Gasteiger partial charge in [-0.25, -0.2) is 0 Å². The topological polar surface area (TPSA) is 6.48 Å². The van der Waals surface area contributed by atoms with Crippen LogP contribution < -0.4 is 20.2 Å². The molecule has 372 valence electrons. The highest BCUT2D eigenvalue weighted by Gasteiger charge is 2.47. The van der Waals surface area contributed by atoms with Crippen LogP contribution in [0.2, 0.25) is 39.3 Å². The summed E-state index contributed by atoms with van der Waals surface area (Å²) in [7, 11) is -3.06. The van der Waals surface area contributed by atoms with Crippen molar-refractivity contribution < 1.29 is 0 Å². The molecule has 0 radical (unpaired) electrons. The van der Waals surface area contributed by atoms with Crippen molar-refractivity contribution in [2.75, 3.05) is 9.80 Å². The minimum Gasteiger partial charge on any atom is -0.310 e. The highest BCUT2D eigenvalue weighted by molar-refractivity contribution is 6.89. The summed E-state index contributed by atoms with van der Waals surface area (Å²) in [6.45, 7) is 14.5. The van der Waals surface area contributed by atoms with Crippen molar-refractivity contribution in [3.63, 3.8) is 0 Å². The summed E-state index contributed by atoms with van der Waals surface area (Å²) in [6, 6.07) is 101. The monoisotopic (exact) mass is 1020 g/mol. The maximum Gasteiger partial charge on any atom is 0.0775 e. The first-order chi connectivity index (χ1) is 37.4. The lowest BCUT2D eigenvalue weighted by Gasteiger charge is -2.35. The molecule has 0 aliphatic heterocycles. The van der Waals surface area contributed by atoms with Crippen molar-refractivity contribution >= 4 is 93.0 Å². The lowest BCUT2D eigenvalue weighted by molar-refractivity contribution is 0.769. The number of nitrogens with zero attached hydrogens (tertiary/aromatic N) is 2. The first-order valence-electron chi connectivity index (χ1n) is 27.2. The number of anilines is 6. The minimum atomic E-state index is -1.55. The zero-order valence-corrected chi connectivity index (χ0v) is 46.8. The van der Waals surface area contributed by atoms with E-state index in [0.29, 0.717) is 0 Å². The lowest BCUT2D eigenvalue weighted by atomic mass is 9.67. The van der Waals surface area contributed by atoms with Gasteiger partial charge in [0, 0.05) is 34.1 Å². The molecule has 0 saturated heterocycles. The van der Waals surface area contributed by atoms with Crippen LogP contribution in [0.4, 0.5) is 34.1 Å². The fraction of sp³-hybridized carbons (Fsp3) is 0.0959. The first-order valence-corrected chi connectivity index (χ1v) is 34.2. The summed E-state index contributed by atoms with van der Waals surface area (Å²) in [5, 5.41) is 10.3. The summed E-state index contributed by atoms with van der Waals surface area (Å²) in [4.78, 5) is 4.88. The van der Waals surface area contributed by atoms with Gasteiger partial charge < -0.3 is 9.80 Å². The van der Waals surface area contributed by atoms with Crippen LogP contribution in [0.25, 0.3) is 54.6 Å². The van der Waals surface area contributed by atoms with Gasteiger partial charge in [0.05, 0.1) is 21.6 Å². The van der Waals surface area contributed by atoms with Crippen molar-refractivity contribution in [2.45, 2.75) is 44.7 Å². The van der Waals surface area contributed by atoms with E-state index in [1.807, 2.05) is 0 Å². The van der Waals surface area contributed by atoms with Crippen LogP contribution in [0.3, 0.4) is 0 Å². The fourth-order valence-electron chi connectivity index (χ4n) is 12.2. The Morgan fingerprint density at radius 1 is 0.286 bits per heavy atom. The number of hydrogen-bond donors (Lipinski definition) is 0. The standard InChI is InChI=1S/C73H62N2Si2/c1-76(2,3)64-42-37-59(38-43-64)74(61-35-29-51-19-13-15-21-54(51)47-61)58-33-31-53(32-34-58)69-50-71-72(67-28-18-17-27-66(67)69)68-46-41-63(49-70(68)73(71,56-23-9-7-10-24-56)57-25-11-8-12-26-57)75(60-39-44-65(45-40-60)77(4,5)6)62-36-30-52-20-14-16-22-55(52)48-62/h7-50H,1-6H3. The van der Waals surface area contributed by atoms with Crippen LogP contribution in [0.1, 0.15) is 22.3 Å². The second-order valence-corrected chi connectivity index (χ2v) is 33.1. The van der Waals surface area contributed by atoms with Gasteiger partial charge in [-0.2, -0.15) is 0 Å². The molecule has 1 aliphatic rings. The smallest absolute Gasteiger partial charge is 0.0775 e. The quantitative estimate of drug-likeness (QED) is 0.119. The van der Waals surface area contributed by atoms with E-state index >= 15 is 0 Å². The van der Waals surface area contributed by atoms with Gasteiger partial charge in [-0.1, -0.05) is 238 Å². The molecule has 0 aromatic heterocycles. The maximum absolute atomic E-state index is 2.54. The van der Waals surface area contributed by atoms with Gasteiger partial charge in [0.1, 0.15) is 0 Å². The third-order valence-electron chi connectivity index (χ3n) is 16.2. The highest BCUT2D eigenvalue weighted by atomic mass is 28.3. The van der Waals surface area contributed by atoms with E-state index in [-0.39, 0.29) is 0 Å². The Morgan fingerprint density at radius 2 is 0.675 bits per heavy atom. The molecule has 0 heterocycles. The van der Waals surface area contributed by atoms with Crippen LogP contribution in [0.5, 0.6) is 0 Å². The predicted octanol–water partition coefficient (Wildman–Crippen LogP) is 19.2. The van der Waals surface area contributed by atoms with Crippen LogP contribution >= 0.6 is 0 Å². The molecule has 0 bridgehead atoms. The molecule has 0 amide bonds. The molecule has 12 aromatic carbocycles. The van der Waals surface area contributed by atoms with Crippen LogP contribution in [0.15, 0.2) is 267 Å². The van der Waals surface area contributed by atoms with Crippen molar-refractivity contribution in [2.24, 2.45) is 0 Å². The average molecular weight is 1020 g/mol. The normalized spacial score (nSPS) is 12.9. The molecule has 12 aromatic rings. The number of hydrogen-bond acceptors (Lipinski definition) is 2. The van der Waals surface area contributed by atoms with Crippen LogP contribution in [-0.4, -0.2) is 16.1 Å². The second-order valence-electron chi connectivity index (χ2n) is 23.0. The molecule has 1 aliphatic carbocycles. The SMILES string of the molecule is C[Si](C)(C)c1ccc(N(c2ccc(-c3cc4c(c5ccccc35)-c3ccc(N(c5ccc([Si](C)(C)C)cc5)c5ccc6ccccc6c5)cc3C4(c3ccccc3)c3ccccc3)cc2)c2ccc3ccccc3c2)cc1. The third-order valence-corrected chi connectivity index (χ3v) is 20.3. The Balaban J connectivity index is 1.02. The molecule has 0 N–H and O–H groups in total. The molecule has 77 heavy (non-hydrogen) atoms. The molecule has 4 heteroatoms. The molecule has 0 atom stereocenters. The van der Waals surface area contributed by atoms with Gasteiger partial charge in [-0.05, 0) is 156 Å². The van der Waals surface area contributed by atoms with Gasteiger partial charge in [-0.3, -0.25) is 0 Å². The van der Waals surface area contributed by atoms with E-state index in [1.165, 1.54) is 87.2 Å². The van der Waals surface area contributed by atoms with Crippen molar-refractivity contribution in [3.05, 3.63) is 289 Å². The van der Waals surface area contributed by atoms with Gasteiger partial charge in [0.15, 0.2) is 0 Å². The number of fused-ring (bicyclic) bond motifs is 7. The first kappa shape index (κ1) is 48.1. The van der Waals surface area contributed by atoms with E-state index in [9.17, 15) is 0 Å². The van der Waals surface area contributed by atoms with Gasteiger partial charge in [-0.15, -0.1) is 0 Å². The Morgan fingerprint density at radius 3 is 1.17 bits per heavy atom. The second kappa shape index (κ2) is 18.9. The van der Waals surface area contributed by atoms with E-state index < -0.39 is 21.6 Å².